The summed E-state index contributed by atoms with van der Waals surface area (Å²) in [6, 6.07) is 18.6. The first kappa shape index (κ1) is 30.4. The van der Waals surface area contributed by atoms with Gasteiger partial charge in [0.2, 0.25) is 0 Å². The van der Waals surface area contributed by atoms with Crippen LogP contribution in [-0.2, 0) is 11.4 Å². The number of nitriles is 1. The van der Waals surface area contributed by atoms with Crippen molar-refractivity contribution in [1.29, 1.82) is 5.26 Å². The number of methoxy groups -OCH3 is 1. The van der Waals surface area contributed by atoms with Crippen molar-refractivity contribution in [2.24, 2.45) is 11.1 Å². The lowest BCUT2D eigenvalue weighted by Gasteiger charge is -2.43. The third-order valence-corrected chi connectivity index (χ3v) is 8.43. The first-order chi connectivity index (χ1) is 20.8. The van der Waals surface area contributed by atoms with Crippen LogP contribution in [0.1, 0.15) is 60.4 Å². The third kappa shape index (κ3) is 5.51. The highest BCUT2D eigenvalue weighted by Crippen LogP contribution is 2.52. The van der Waals surface area contributed by atoms with E-state index in [1.165, 1.54) is 18.1 Å². The van der Waals surface area contributed by atoms with Crippen LogP contribution in [0.4, 0.5) is 11.4 Å². The molecule has 1 atom stereocenters. The molecule has 9 nitrogen and oxygen atoms in total. The van der Waals surface area contributed by atoms with E-state index in [0.29, 0.717) is 30.0 Å². The summed E-state index contributed by atoms with van der Waals surface area (Å²) in [5.41, 5.74) is 12.2. The molecule has 44 heavy (non-hydrogen) atoms. The van der Waals surface area contributed by atoms with Gasteiger partial charge in [0, 0.05) is 17.7 Å². The SMILES string of the molecule is COc1ccc(N2C(N)=C(C#N)C(c3cc(C)cc(COc4ccc(C)cc4)c3C)C3=C2CC(C)(C)CC3=O)c([N+](=O)[O-])c1. The Morgan fingerprint density at radius 3 is 2.36 bits per heavy atom. The van der Waals surface area contributed by atoms with E-state index in [-0.39, 0.29) is 35.0 Å². The van der Waals surface area contributed by atoms with Gasteiger partial charge in [-0.15, -0.1) is 0 Å². The standard InChI is InChI=1S/C35H36N4O5/c1-20-7-9-24(10-8-20)44-19-23-13-21(2)14-26(22(23)3)32-27(18-36)34(37)38(30-16-35(4,5)17-31(40)33(30)32)28-12-11-25(43-6)15-29(28)39(41)42/h7-15,32H,16-17,19,37H2,1-6H3. The summed E-state index contributed by atoms with van der Waals surface area (Å²) in [6.07, 6.45) is 0.704. The Hall–Kier alpha value is -5.10. The average molecular weight is 593 g/mol. The van der Waals surface area contributed by atoms with Gasteiger partial charge >= 0.3 is 0 Å². The van der Waals surface area contributed by atoms with Gasteiger partial charge in [-0.2, -0.15) is 5.26 Å². The van der Waals surface area contributed by atoms with Crippen LogP contribution < -0.4 is 20.1 Å². The molecule has 5 rings (SSSR count). The van der Waals surface area contributed by atoms with Crippen molar-refractivity contribution in [2.75, 3.05) is 12.0 Å². The lowest BCUT2D eigenvalue weighted by Crippen LogP contribution is -2.42. The molecule has 0 saturated carbocycles. The minimum Gasteiger partial charge on any atom is -0.496 e. The van der Waals surface area contributed by atoms with Crippen molar-refractivity contribution in [3.8, 4) is 17.6 Å². The van der Waals surface area contributed by atoms with Gasteiger partial charge < -0.3 is 15.2 Å². The maximum atomic E-state index is 14.1. The third-order valence-electron chi connectivity index (χ3n) is 8.43. The molecule has 2 N–H and O–H groups in total. The molecule has 0 radical (unpaired) electrons. The largest absolute Gasteiger partial charge is 0.496 e. The molecule has 9 heteroatoms. The highest BCUT2D eigenvalue weighted by atomic mass is 16.6. The first-order valence-electron chi connectivity index (χ1n) is 14.4. The average Bonchev–Trinajstić information content (AvgIpc) is 2.97. The van der Waals surface area contributed by atoms with Gasteiger partial charge in [0.15, 0.2) is 5.78 Å². The first-order valence-corrected chi connectivity index (χ1v) is 14.4. The maximum Gasteiger partial charge on any atom is 0.296 e. The topological polar surface area (TPSA) is 132 Å². The number of ether oxygens (including phenoxy) is 2. The molecule has 226 valence electrons. The minimum absolute atomic E-state index is 0.0633. The lowest BCUT2D eigenvalue weighted by molar-refractivity contribution is -0.384. The molecule has 0 fully saturated rings. The Morgan fingerprint density at radius 2 is 1.73 bits per heavy atom. The van der Waals surface area contributed by atoms with Crippen molar-refractivity contribution < 1.29 is 19.2 Å². The fraction of sp³-hybridized carbons (Fsp3) is 0.314. The maximum absolute atomic E-state index is 14.1. The van der Waals surface area contributed by atoms with Crippen LogP contribution in [-0.4, -0.2) is 17.8 Å². The van der Waals surface area contributed by atoms with Gasteiger partial charge in [-0.25, -0.2) is 0 Å². The number of hydrogen-bond acceptors (Lipinski definition) is 8. The van der Waals surface area contributed by atoms with E-state index in [2.05, 4.69) is 6.07 Å². The molecule has 3 aromatic carbocycles. The Balaban J connectivity index is 1.70. The van der Waals surface area contributed by atoms with E-state index in [9.17, 15) is 20.2 Å². The number of nitro benzene ring substituents is 1. The van der Waals surface area contributed by atoms with E-state index >= 15 is 0 Å². The van der Waals surface area contributed by atoms with Crippen LogP contribution >= 0.6 is 0 Å². The molecule has 0 aromatic heterocycles. The van der Waals surface area contributed by atoms with Gasteiger partial charge in [-0.1, -0.05) is 49.2 Å². The van der Waals surface area contributed by atoms with E-state index in [1.54, 1.807) is 12.1 Å². The number of carbonyl (C=O) groups is 1. The number of aryl methyl sites for hydroxylation is 2. The number of carbonyl (C=O) groups excluding carboxylic acids is 1. The second kappa shape index (κ2) is 11.5. The highest BCUT2D eigenvalue weighted by Gasteiger charge is 2.46. The predicted octanol–water partition coefficient (Wildman–Crippen LogP) is 7.05. The molecule has 1 heterocycles. The van der Waals surface area contributed by atoms with Crippen molar-refractivity contribution >= 4 is 17.2 Å². The van der Waals surface area contributed by atoms with Gasteiger partial charge in [0.25, 0.3) is 5.69 Å². The quantitative estimate of drug-likeness (QED) is 0.228. The molecular weight excluding hydrogens is 556 g/mol. The molecule has 0 amide bonds. The van der Waals surface area contributed by atoms with Crippen molar-refractivity contribution in [1.82, 2.24) is 0 Å². The number of nitrogens with two attached hydrogens (primary N) is 1. The molecule has 1 aliphatic heterocycles. The second-order valence-corrected chi connectivity index (χ2v) is 12.3. The summed E-state index contributed by atoms with van der Waals surface area (Å²) in [5.74, 6) is 0.270. The zero-order chi connectivity index (χ0) is 31.9. The Bertz CT molecular complexity index is 1780. The van der Waals surface area contributed by atoms with Crippen molar-refractivity contribution in [2.45, 2.75) is 60.0 Å². The van der Waals surface area contributed by atoms with Gasteiger partial charge in [-0.05, 0) is 73.6 Å². The number of benzene rings is 3. The van der Waals surface area contributed by atoms with Crippen LogP contribution in [0.2, 0.25) is 0 Å². The number of rotatable bonds is 7. The number of allylic oxidation sites excluding steroid dienone is 3. The molecule has 0 bridgehead atoms. The summed E-state index contributed by atoms with van der Waals surface area (Å²) < 4.78 is 11.4. The van der Waals surface area contributed by atoms with E-state index in [1.807, 2.05) is 71.0 Å². The zero-order valence-electron chi connectivity index (χ0n) is 25.9. The number of ketones is 1. The Labute approximate surface area is 257 Å². The molecule has 0 saturated heterocycles. The van der Waals surface area contributed by atoms with Gasteiger partial charge in [0.05, 0.1) is 35.7 Å². The van der Waals surface area contributed by atoms with Crippen LogP contribution in [0.5, 0.6) is 11.5 Å². The van der Waals surface area contributed by atoms with Crippen molar-refractivity contribution in [3.05, 3.63) is 115 Å². The fourth-order valence-electron chi connectivity index (χ4n) is 6.27. The van der Waals surface area contributed by atoms with Crippen LogP contribution in [0, 0.1) is 47.6 Å². The smallest absolute Gasteiger partial charge is 0.296 e. The number of nitrogens with zero attached hydrogens (tertiary/aromatic N) is 3. The van der Waals surface area contributed by atoms with Gasteiger partial charge in [0.1, 0.15) is 29.6 Å². The molecule has 3 aromatic rings. The van der Waals surface area contributed by atoms with E-state index in [4.69, 9.17) is 15.2 Å². The summed E-state index contributed by atoms with van der Waals surface area (Å²) in [6.45, 7) is 10.2. The van der Waals surface area contributed by atoms with Crippen molar-refractivity contribution in [3.63, 3.8) is 0 Å². The Kier molecular flexibility index (Phi) is 7.96. The number of nitro groups is 1. The summed E-state index contributed by atoms with van der Waals surface area (Å²) in [7, 11) is 1.43. The molecule has 0 spiro atoms. The number of hydrogen-bond donors (Lipinski definition) is 1. The highest BCUT2D eigenvalue weighted by molar-refractivity contribution is 6.02. The zero-order valence-corrected chi connectivity index (χ0v) is 25.9. The van der Waals surface area contributed by atoms with Crippen LogP contribution in [0.3, 0.4) is 0 Å². The molecular formula is C35H36N4O5. The van der Waals surface area contributed by atoms with Crippen LogP contribution in [0.15, 0.2) is 77.3 Å². The summed E-state index contributed by atoms with van der Waals surface area (Å²) >= 11 is 0. The second-order valence-electron chi connectivity index (χ2n) is 12.3. The summed E-state index contributed by atoms with van der Waals surface area (Å²) in [5, 5.41) is 22.8. The summed E-state index contributed by atoms with van der Waals surface area (Å²) in [4.78, 5) is 27.3. The van der Waals surface area contributed by atoms with E-state index in [0.717, 1.165) is 33.6 Å². The fourth-order valence-corrected chi connectivity index (χ4v) is 6.27. The minimum atomic E-state index is -0.731. The molecule has 1 unspecified atom stereocenters. The molecule has 1 aliphatic carbocycles. The molecule has 2 aliphatic rings. The normalized spacial score (nSPS) is 17.7. The number of anilines is 1. The Morgan fingerprint density at radius 1 is 1.05 bits per heavy atom. The number of Topliss-reactive ketones (excluding diaryl/α,β-unsaturated/α-hetero) is 1. The lowest BCUT2D eigenvalue weighted by atomic mass is 9.68. The van der Waals surface area contributed by atoms with Gasteiger partial charge in [-0.3, -0.25) is 19.8 Å². The van der Waals surface area contributed by atoms with Crippen LogP contribution in [0.25, 0.3) is 0 Å². The predicted molar refractivity (Wildman–Crippen MR) is 168 cm³/mol. The van der Waals surface area contributed by atoms with E-state index < -0.39 is 16.3 Å². The monoisotopic (exact) mass is 592 g/mol.